The van der Waals surface area contributed by atoms with Crippen LogP contribution >= 0.6 is 11.8 Å². The second-order valence-corrected chi connectivity index (χ2v) is 5.57. The first-order valence-electron chi connectivity index (χ1n) is 7.20. The molecule has 0 fully saturated rings. The molecule has 114 valence electrons. The number of thioether (sulfide) groups is 1. The Labute approximate surface area is 124 Å². The van der Waals surface area contributed by atoms with E-state index >= 15 is 0 Å². The van der Waals surface area contributed by atoms with Gasteiger partial charge >= 0.3 is 0 Å². The van der Waals surface area contributed by atoms with Gasteiger partial charge in [-0.15, -0.1) is 10.2 Å². The molecule has 20 heavy (non-hydrogen) atoms. The third kappa shape index (κ3) is 5.13. The van der Waals surface area contributed by atoms with Gasteiger partial charge < -0.3 is 19.4 Å². The van der Waals surface area contributed by atoms with Gasteiger partial charge in [0.25, 0.3) is 0 Å². The van der Waals surface area contributed by atoms with E-state index in [1.54, 1.807) is 4.90 Å². The van der Waals surface area contributed by atoms with Gasteiger partial charge in [0.2, 0.25) is 0 Å². The highest BCUT2D eigenvalue weighted by Gasteiger charge is 2.12. The van der Waals surface area contributed by atoms with Crippen LogP contribution in [-0.2, 0) is 17.8 Å². The van der Waals surface area contributed by atoms with Crippen molar-refractivity contribution in [3.8, 4) is 0 Å². The molecule has 0 amide bonds. The summed E-state index contributed by atoms with van der Waals surface area (Å²) in [6, 6.07) is 0. The second kappa shape index (κ2) is 8.97. The molecule has 0 aliphatic rings. The number of hydrogen-bond acceptors (Lipinski definition) is 5. The molecule has 1 rings (SSSR count). The number of rotatable bonds is 10. The van der Waals surface area contributed by atoms with Crippen molar-refractivity contribution in [2.75, 3.05) is 25.4 Å². The van der Waals surface area contributed by atoms with E-state index in [1.165, 1.54) is 11.8 Å². The Kier molecular flexibility index (Phi) is 7.61. The third-order valence-corrected chi connectivity index (χ3v) is 4.28. The quantitative estimate of drug-likeness (QED) is 0.561. The fourth-order valence-electron chi connectivity index (χ4n) is 2.13. The van der Waals surface area contributed by atoms with Crippen molar-refractivity contribution in [1.82, 2.24) is 14.8 Å². The number of hydrogen-bond donors (Lipinski definition) is 1. The zero-order valence-electron chi connectivity index (χ0n) is 12.5. The lowest BCUT2D eigenvalue weighted by atomic mass is 10.3. The zero-order valence-corrected chi connectivity index (χ0v) is 13.3. The van der Waals surface area contributed by atoms with Crippen LogP contribution in [0.3, 0.4) is 0 Å². The van der Waals surface area contributed by atoms with Crippen LogP contribution in [0.4, 0.5) is 0 Å². The minimum absolute atomic E-state index is 0.0802. The van der Waals surface area contributed by atoms with E-state index in [2.05, 4.69) is 24.0 Å². The lowest BCUT2D eigenvalue weighted by Gasteiger charge is -2.16. The Morgan fingerprint density at radius 3 is 2.55 bits per heavy atom. The summed E-state index contributed by atoms with van der Waals surface area (Å²) in [5.41, 5.74) is 0. The molecule has 0 aliphatic heterocycles. The largest absolute Gasteiger partial charge is 0.549 e. The maximum Gasteiger partial charge on any atom is 0.191 e. The van der Waals surface area contributed by atoms with Crippen molar-refractivity contribution in [2.45, 2.75) is 45.3 Å². The van der Waals surface area contributed by atoms with Gasteiger partial charge in [-0.1, -0.05) is 18.7 Å². The van der Waals surface area contributed by atoms with Crippen molar-refractivity contribution in [3.63, 3.8) is 0 Å². The van der Waals surface area contributed by atoms with E-state index in [9.17, 15) is 9.90 Å². The van der Waals surface area contributed by atoms with Gasteiger partial charge in [0.1, 0.15) is 5.82 Å². The van der Waals surface area contributed by atoms with Gasteiger partial charge in [-0.05, 0) is 13.8 Å². The number of nitrogens with zero attached hydrogens (tertiary/aromatic N) is 3. The first-order valence-corrected chi connectivity index (χ1v) is 8.19. The predicted molar refractivity (Wildman–Crippen MR) is 76.7 cm³/mol. The minimum Gasteiger partial charge on any atom is -0.549 e. The number of aromatic nitrogens is 3. The molecule has 0 aliphatic carbocycles. The standard InChI is InChI=1S/C13H24N4O2S/c1-4-11-14-15-13(20-10-12(18)19)17(11)9-7-8-16(5-2)6-3/h4-10H2,1-3H3,(H,18,19). The number of carbonyl (C=O) groups is 1. The fourth-order valence-corrected chi connectivity index (χ4v) is 2.82. The molecule has 1 N–H and O–H groups in total. The molecule has 0 aromatic carbocycles. The summed E-state index contributed by atoms with van der Waals surface area (Å²) < 4.78 is 2.04. The van der Waals surface area contributed by atoms with E-state index in [0.29, 0.717) is 5.16 Å². The van der Waals surface area contributed by atoms with E-state index in [-0.39, 0.29) is 5.75 Å². The summed E-state index contributed by atoms with van der Waals surface area (Å²) in [5, 5.41) is 19.4. The summed E-state index contributed by atoms with van der Waals surface area (Å²) in [6.07, 6.45) is 1.85. The van der Waals surface area contributed by atoms with E-state index < -0.39 is 5.97 Å². The van der Waals surface area contributed by atoms with E-state index in [1.807, 2.05) is 11.5 Å². The Morgan fingerprint density at radius 1 is 1.30 bits per heavy atom. The maximum atomic E-state index is 10.5. The van der Waals surface area contributed by atoms with E-state index in [4.69, 9.17) is 0 Å². The van der Waals surface area contributed by atoms with Gasteiger partial charge in [0.05, 0.1) is 25.6 Å². The lowest BCUT2D eigenvalue weighted by Crippen LogP contribution is -3.11. The molecule has 0 unspecified atom stereocenters. The third-order valence-electron chi connectivity index (χ3n) is 3.34. The molecular weight excluding hydrogens is 276 g/mol. The number of carboxylic acids is 1. The number of quaternary nitrogens is 1. The van der Waals surface area contributed by atoms with Gasteiger partial charge in [-0.25, -0.2) is 0 Å². The Hall–Kier alpha value is -1.08. The first-order chi connectivity index (χ1) is 9.62. The molecule has 1 aromatic rings. The highest BCUT2D eigenvalue weighted by Crippen LogP contribution is 2.17. The molecule has 0 atom stereocenters. The summed E-state index contributed by atoms with van der Waals surface area (Å²) in [7, 11) is 0. The molecule has 1 aromatic heterocycles. The van der Waals surface area contributed by atoms with Crippen LogP contribution in [0.5, 0.6) is 0 Å². The van der Waals surface area contributed by atoms with Gasteiger partial charge in [-0.3, -0.25) is 0 Å². The number of carboxylic acid groups (broad SMARTS) is 1. The summed E-state index contributed by atoms with van der Waals surface area (Å²) in [6.45, 7) is 10.6. The molecule has 6 nitrogen and oxygen atoms in total. The van der Waals surface area contributed by atoms with Crippen LogP contribution in [0.25, 0.3) is 0 Å². The minimum atomic E-state index is -1.07. The van der Waals surface area contributed by atoms with Crippen molar-refractivity contribution >= 4 is 17.7 Å². The number of carbonyl (C=O) groups excluding carboxylic acids is 1. The van der Waals surface area contributed by atoms with E-state index in [0.717, 1.165) is 44.8 Å². The summed E-state index contributed by atoms with van der Waals surface area (Å²) >= 11 is 1.18. The van der Waals surface area contributed by atoms with Crippen molar-refractivity contribution < 1.29 is 14.8 Å². The average Bonchev–Trinajstić information content (AvgIpc) is 2.83. The Balaban J connectivity index is 2.61. The normalized spacial score (nSPS) is 11.2. The van der Waals surface area contributed by atoms with Crippen molar-refractivity contribution in [2.24, 2.45) is 0 Å². The molecule has 7 heteroatoms. The monoisotopic (exact) mass is 300 g/mol. The number of aryl methyl sites for hydroxylation is 1. The van der Waals surface area contributed by atoms with Gasteiger partial charge in [0, 0.05) is 25.1 Å². The molecule has 0 saturated heterocycles. The van der Waals surface area contributed by atoms with Crippen molar-refractivity contribution in [3.05, 3.63) is 5.82 Å². The summed E-state index contributed by atoms with van der Waals surface area (Å²) in [5.74, 6) is -0.237. The predicted octanol–water partition coefficient (Wildman–Crippen LogP) is -1.00. The Morgan fingerprint density at radius 2 is 2.00 bits per heavy atom. The highest BCUT2D eigenvalue weighted by molar-refractivity contribution is 7.99. The van der Waals surface area contributed by atoms with Crippen LogP contribution in [0.15, 0.2) is 5.16 Å². The molecule has 0 saturated carbocycles. The van der Waals surface area contributed by atoms with Crippen LogP contribution in [0.1, 0.15) is 33.0 Å². The SMILES string of the molecule is CCc1nnc(SCC(=O)[O-])n1CCC[NH+](CC)CC. The highest BCUT2D eigenvalue weighted by atomic mass is 32.2. The fraction of sp³-hybridized carbons (Fsp3) is 0.769. The van der Waals surface area contributed by atoms with Crippen LogP contribution in [0, 0.1) is 0 Å². The van der Waals surface area contributed by atoms with Crippen LogP contribution in [-0.4, -0.2) is 46.1 Å². The van der Waals surface area contributed by atoms with Crippen LogP contribution < -0.4 is 10.0 Å². The second-order valence-electron chi connectivity index (χ2n) is 4.63. The summed E-state index contributed by atoms with van der Waals surface area (Å²) in [4.78, 5) is 12.1. The smallest absolute Gasteiger partial charge is 0.191 e. The topological polar surface area (TPSA) is 75.3 Å². The molecule has 0 spiro atoms. The molecule has 0 radical (unpaired) electrons. The lowest BCUT2D eigenvalue weighted by molar-refractivity contribution is -0.896. The molecule has 1 heterocycles. The van der Waals surface area contributed by atoms with Crippen LogP contribution in [0.2, 0.25) is 0 Å². The van der Waals surface area contributed by atoms with Crippen molar-refractivity contribution in [1.29, 1.82) is 0 Å². The molecule has 0 bridgehead atoms. The van der Waals surface area contributed by atoms with Gasteiger partial charge in [0.15, 0.2) is 5.16 Å². The zero-order chi connectivity index (χ0) is 15.0. The maximum absolute atomic E-state index is 10.5. The number of aliphatic carboxylic acids is 1. The first kappa shape index (κ1) is 17.0. The average molecular weight is 300 g/mol. The van der Waals surface area contributed by atoms with Gasteiger partial charge in [-0.2, -0.15) is 0 Å². The molecular formula is C13H24N4O2S. The Bertz CT molecular complexity index is 419. The number of nitrogens with one attached hydrogen (secondary N) is 1.